The largest absolute Gasteiger partial charge is 0.444 e. The molecule has 6 nitrogen and oxygen atoms in total. The second-order valence-electron chi connectivity index (χ2n) is 7.54. The molecular weight excluding hydrogens is 308 g/mol. The van der Waals surface area contributed by atoms with Crippen molar-refractivity contribution in [1.82, 2.24) is 10.6 Å². The van der Waals surface area contributed by atoms with Gasteiger partial charge in [-0.3, -0.25) is 9.59 Å². The summed E-state index contributed by atoms with van der Waals surface area (Å²) < 4.78 is 5.20. The molecular formula is C18H34N2O4. The van der Waals surface area contributed by atoms with E-state index < -0.39 is 23.8 Å². The Morgan fingerprint density at radius 2 is 1.62 bits per heavy atom. The summed E-state index contributed by atoms with van der Waals surface area (Å²) >= 11 is 0. The third kappa shape index (κ3) is 9.53. The van der Waals surface area contributed by atoms with Crippen molar-refractivity contribution in [1.29, 1.82) is 0 Å². The second kappa shape index (κ2) is 10.3. The average molecular weight is 342 g/mol. The number of carbonyl (C=O) groups is 3. The van der Waals surface area contributed by atoms with Crippen molar-refractivity contribution < 1.29 is 19.1 Å². The molecule has 0 heterocycles. The van der Waals surface area contributed by atoms with Gasteiger partial charge in [-0.2, -0.15) is 0 Å². The first-order valence-electron chi connectivity index (χ1n) is 8.78. The molecule has 2 amide bonds. The van der Waals surface area contributed by atoms with Crippen molar-refractivity contribution in [2.45, 2.75) is 91.8 Å². The van der Waals surface area contributed by atoms with Crippen LogP contribution >= 0.6 is 0 Å². The molecule has 0 fully saturated rings. The van der Waals surface area contributed by atoms with E-state index in [1.807, 2.05) is 13.8 Å². The first-order chi connectivity index (χ1) is 11.0. The van der Waals surface area contributed by atoms with Crippen LogP contribution in [0.1, 0.15) is 74.1 Å². The van der Waals surface area contributed by atoms with Gasteiger partial charge in [0.1, 0.15) is 11.6 Å². The monoisotopic (exact) mass is 342 g/mol. The topological polar surface area (TPSA) is 84.5 Å². The standard InChI is InChI=1S/C18H34N2O4/c1-8-9-10-11-14(13(4)21)19-16(22)15(12(2)3)20-17(23)24-18(5,6)7/h12,14-15H,8-11H2,1-7H3,(H,19,22)(H,20,23). The normalized spacial score (nSPS) is 14.0. The lowest BCUT2D eigenvalue weighted by Gasteiger charge is -2.26. The van der Waals surface area contributed by atoms with Crippen molar-refractivity contribution in [3.05, 3.63) is 0 Å². The van der Waals surface area contributed by atoms with Gasteiger partial charge in [-0.1, -0.05) is 40.0 Å². The molecule has 0 saturated heterocycles. The summed E-state index contributed by atoms with van der Waals surface area (Å²) in [4.78, 5) is 36.2. The number of amides is 2. The number of ether oxygens (including phenoxy) is 1. The summed E-state index contributed by atoms with van der Waals surface area (Å²) in [5, 5.41) is 5.37. The van der Waals surface area contributed by atoms with E-state index in [1.54, 1.807) is 20.8 Å². The SMILES string of the molecule is CCCCCC(NC(=O)C(NC(=O)OC(C)(C)C)C(C)C)C(C)=O. The van der Waals surface area contributed by atoms with Crippen molar-refractivity contribution in [2.24, 2.45) is 5.92 Å². The van der Waals surface area contributed by atoms with Crippen LogP contribution in [-0.4, -0.2) is 35.5 Å². The molecule has 0 aromatic carbocycles. The maximum absolute atomic E-state index is 12.5. The molecule has 0 bridgehead atoms. The Kier molecular flexibility index (Phi) is 9.63. The van der Waals surface area contributed by atoms with Crippen LogP contribution in [0, 0.1) is 5.92 Å². The number of hydrogen-bond acceptors (Lipinski definition) is 4. The number of unbranched alkanes of at least 4 members (excludes halogenated alkanes) is 2. The zero-order valence-electron chi connectivity index (χ0n) is 16.2. The summed E-state index contributed by atoms with van der Waals surface area (Å²) in [5.41, 5.74) is -0.635. The maximum Gasteiger partial charge on any atom is 0.408 e. The highest BCUT2D eigenvalue weighted by Gasteiger charge is 2.29. The number of nitrogens with one attached hydrogen (secondary N) is 2. The molecule has 2 unspecified atom stereocenters. The molecule has 0 saturated carbocycles. The van der Waals surface area contributed by atoms with Gasteiger partial charge < -0.3 is 15.4 Å². The van der Waals surface area contributed by atoms with Crippen LogP contribution in [0.5, 0.6) is 0 Å². The van der Waals surface area contributed by atoms with Gasteiger partial charge in [0.15, 0.2) is 5.78 Å². The minimum absolute atomic E-state index is 0.0702. The Bertz CT molecular complexity index is 427. The highest BCUT2D eigenvalue weighted by molar-refractivity contribution is 5.91. The number of rotatable bonds is 9. The van der Waals surface area contributed by atoms with Crippen LogP contribution in [0.4, 0.5) is 4.79 Å². The molecule has 0 aliphatic rings. The van der Waals surface area contributed by atoms with E-state index in [-0.39, 0.29) is 17.6 Å². The van der Waals surface area contributed by atoms with Crippen LogP contribution < -0.4 is 10.6 Å². The van der Waals surface area contributed by atoms with Crippen molar-refractivity contribution in [3.8, 4) is 0 Å². The molecule has 0 spiro atoms. The van der Waals surface area contributed by atoms with Gasteiger partial charge in [-0.25, -0.2) is 4.79 Å². The predicted octanol–water partition coefficient (Wildman–Crippen LogP) is 3.19. The van der Waals surface area contributed by atoms with E-state index in [9.17, 15) is 14.4 Å². The molecule has 0 radical (unpaired) electrons. The van der Waals surface area contributed by atoms with E-state index >= 15 is 0 Å². The van der Waals surface area contributed by atoms with Gasteiger partial charge in [-0.15, -0.1) is 0 Å². The summed E-state index contributed by atoms with van der Waals surface area (Å²) in [6.45, 7) is 12.5. The number of alkyl carbamates (subject to hydrolysis) is 1. The molecule has 0 aliphatic heterocycles. The Morgan fingerprint density at radius 1 is 1.04 bits per heavy atom. The minimum atomic E-state index is -0.743. The molecule has 0 aliphatic carbocycles. The number of carbonyl (C=O) groups excluding carboxylic acids is 3. The first-order valence-corrected chi connectivity index (χ1v) is 8.78. The van der Waals surface area contributed by atoms with Crippen LogP contribution in [0.15, 0.2) is 0 Å². The fourth-order valence-corrected chi connectivity index (χ4v) is 2.21. The molecule has 0 aromatic heterocycles. The molecule has 6 heteroatoms. The third-order valence-corrected chi connectivity index (χ3v) is 3.52. The Balaban J connectivity index is 4.82. The highest BCUT2D eigenvalue weighted by atomic mass is 16.6. The molecule has 0 rings (SSSR count). The van der Waals surface area contributed by atoms with Gasteiger partial charge in [0.2, 0.25) is 5.91 Å². The zero-order valence-corrected chi connectivity index (χ0v) is 16.2. The van der Waals surface area contributed by atoms with Crippen molar-refractivity contribution in [2.75, 3.05) is 0 Å². The van der Waals surface area contributed by atoms with Crippen LogP contribution in [0.3, 0.4) is 0 Å². The van der Waals surface area contributed by atoms with Crippen molar-refractivity contribution >= 4 is 17.8 Å². The smallest absolute Gasteiger partial charge is 0.408 e. The van der Waals surface area contributed by atoms with Gasteiger partial charge in [-0.05, 0) is 40.0 Å². The highest BCUT2D eigenvalue weighted by Crippen LogP contribution is 2.10. The van der Waals surface area contributed by atoms with Crippen LogP contribution in [-0.2, 0) is 14.3 Å². The Morgan fingerprint density at radius 3 is 2.04 bits per heavy atom. The first kappa shape index (κ1) is 22.4. The summed E-state index contributed by atoms with van der Waals surface area (Å²) in [5.74, 6) is -0.549. The maximum atomic E-state index is 12.5. The van der Waals surface area contributed by atoms with Gasteiger partial charge in [0.25, 0.3) is 0 Å². The number of ketones is 1. The van der Waals surface area contributed by atoms with Gasteiger partial charge in [0.05, 0.1) is 6.04 Å². The Hall–Kier alpha value is -1.59. The number of Topliss-reactive ketones (excluding diaryl/α,β-unsaturated/α-hetero) is 1. The fourth-order valence-electron chi connectivity index (χ4n) is 2.21. The minimum Gasteiger partial charge on any atom is -0.444 e. The summed E-state index contributed by atoms with van der Waals surface area (Å²) in [6, 6.07) is -1.25. The van der Waals surface area contributed by atoms with Gasteiger partial charge >= 0.3 is 6.09 Å². The van der Waals surface area contributed by atoms with E-state index in [1.165, 1.54) is 6.92 Å². The summed E-state index contributed by atoms with van der Waals surface area (Å²) in [7, 11) is 0. The zero-order chi connectivity index (χ0) is 18.9. The molecule has 140 valence electrons. The molecule has 2 atom stereocenters. The quantitative estimate of drug-likeness (QED) is 0.630. The van der Waals surface area contributed by atoms with E-state index in [4.69, 9.17) is 4.74 Å². The van der Waals surface area contributed by atoms with E-state index in [0.29, 0.717) is 6.42 Å². The predicted molar refractivity (Wildman–Crippen MR) is 94.7 cm³/mol. The average Bonchev–Trinajstić information content (AvgIpc) is 2.41. The van der Waals surface area contributed by atoms with Gasteiger partial charge in [0, 0.05) is 0 Å². The number of hydrogen-bond donors (Lipinski definition) is 2. The second-order valence-corrected chi connectivity index (χ2v) is 7.54. The van der Waals surface area contributed by atoms with Crippen molar-refractivity contribution in [3.63, 3.8) is 0 Å². The molecule has 2 N–H and O–H groups in total. The lowest BCUT2D eigenvalue weighted by Crippen LogP contribution is -2.54. The van der Waals surface area contributed by atoms with Crippen LogP contribution in [0.25, 0.3) is 0 Å². The Labute approximate surface area is 146 Å². The van der Waals surface area contributed by atoms with Crippen LogP contribution in [0.2, 0.25) is 0 Å². The van der Waals surface area contributed by atoms with E-state index in [2.05, 4.69) is 17.6 Å². The lowest BCUT2D eigenvalue weighted by atomic mass is 10.0. The third-order valence-electron chi connectivity index (χ3n) is 3.52. The summed E-state index contributed by atoms with van der Waals surface area (Å²) in [6.07, 6.45) is 2.93. The lowest BCUT2D eigenvalue weighted by molar-refractivity contribution is -0.129. The van der Waals surface area contributed by atoms with E-state index in [0.717, 1.165) is 19.3 Å². The molecule has 0 aromatic rings. The fraction of sp³-hybridized carbons (Fsp3) is 0.833. The molecule has 24 heavy (non-hydrogen) atoms.